The second-order valence-electron chi connectivity index (χ2n) is 8.73. The van der Waals surface area contributed by atoms with Crippen molar-refractivity contribution in [3.05, 3.63) is 36.0 Å². The van der Waals surface area contributed by atoms with E-state index in [4.69, 9.17) is 5.73 Å². The van der Waals surface area contributed by atoms with Gasteiger partial charge >= 0.3 is 5.97 Å². The number of hydrogen-bond acceptors (Lipinski definition) is 6. The van der Waals surface area contributed by atoms with Gasteiger partial charge in [0.15, 0.2) is 0 Å². The summed E-state index contributed by atoms with van der Waals surface area (Å²) < 4.78 is 0. The van der Waals surface area contributed by atoms with Crippen LogP contribution in [0.15, 0.2) is 30.5 Å². The van der Waals surface area contributed by atoms with Gasteiger partial charge in [0.05, 0.1) is 12.6 Å². The number of rotatable bonds is 13. The largest absolute Gasteiger partial charge is 0.480 e. The minimum absolute atomic E-state index is 0.148. The van der Waals surface area contributed by atoms with Gasteiger partial charge in [0, 0.05) is 23.5 Å². The molecular weight excluding hydrogens is 452 g/mol. The smallest absolute Gasteiger partial charge is 0.326 e. The molecule has 35 heavy (non-hydrogen) atoms. The van der Waals surface area contributed by atoms with Crippen molar-refractivity contribution >= 4 is 34.6 Å². The van der Waals surface area contributed by atoms with Crippen molar-refractivity contribution in [2.45, 2.75) is 56.7 Å². The first kappa shape index (κ1) is 26.2. The van der Waals surface area contributed by atoms with E-state index in [1.54, 1.807) is 6.20 Å². The zero-order valence-corrected chi connectivity index (χ0v) is 19.6. The maximum absolute atomic E-state index is 13.1. The highest BCUT2D eigenvalue weighted by molar-refractivity contribution is 5.93. The van der Waals surface area contributed by atoms with E-state index < -0.39 is 29.9 Å². The van der Waals surface area contributed by atoms with E-state index in [0.29, 0.717) is 25.8 Å². The molecule has 2 heterocycles. The number of carboxylic acids is 1. The lowest BCUT2D eigenvalue weighted by Gasteiger charge is -2.22. The van der Waals surface area contributed by atoms with Crippen LogP contribution in [0.1, 0.15) is 37.7 Å². The molecule has 3 unspecified atom stereocenters. The lowest BCUT2D eigenvalue weighted by molar-refractivity contribution is -0.142. The number of aromatic amines is 1. The van der Waals surface area contributed by atoms with Crippen molar-refractivity contribution in [3.8, 4) is 0 Å². The first-order valence-electron chi connectivity index (χ1n) is 12.0. The number of unbranched alkanes of at least 4 members (excludes halogenated alkanes) is 1. The molecule has 0 saturated carbocycles. The summed E-state index contributed by atoms with van der Waals surface area (Å²) >= 11 is 0. The van der Waals surface area contributed by atoms with Gasteiger partial charge in [0.2, 0.25) is 17.7 Å². The van der Waals surface area contributed by atoms with Crippen LogP contribution < -0.4 is 27.0 Å². The molecule has 0 bridgehead atoms. The van der Waals surface area contributed by atoms with Gasteiger partial charge in [-0.1, -0.05) is 18.2 Å². The van der Waals surface area contributed by atoms with Crippen molar-refractivity contribution in [2.24, 2.45) is 5.73 Å². The Balaban J connectivity index is 1.68. The Kier molecular flexibility index (Phi) is 9.62. The molecule has 1 aromatic carbocycles. The van der Waals surface area contributed by atoms with Crippen LogP contribution >= 0.6 is 0 Å². The maximum atomic E-state index is 13.1. The van der Waals surface area contributed by atoms with Crippen LogP contribution in [0.3, 0.4) is 0 Å². The van der Waals surface area contributed by atoms with E-state index in [2.05, 4.69) is 26.3 Å². The van der Waals surface area contributed by atoms with Crippen LogP contribution in [0, 0.1) is 0 Å². The van der Waals surface area contributed by atoms with Crippen LogP contribution in [0.5, 0.6) is 0 Å². The molecule has 3 amide bonds. The average molecular weight is 487 g/mol. The molecule has 0 aliphatic carbocycles. The van der Waals surface area contributed by atoms with E-state index in [1.807, 2.05) is 24.3 Å². The number of aliphatic carboxylic acids is 1. The van der Waals surface area contributed by atoms with Crippen LogP contribution in [-0.2, 0) is 25.6 Å². The van der Waals surface area contributed by atoms with Crippen LogP contribution in [0.4, 0.5) is 0 Å². The Labute approximate surface area is 203 Å². The van der Waals surface area contributed by atoms with Crippen molar-refractivity contribution in [3.63, 3.8) is 0 Å². The topological polar surface area (TPSA) is 178 Å². The molecule has 0 spiro atoms. The number of nitrogens with one attached hydrogen (secondary N) is 5. The number of amides is 3. The fourth-order valence-electron chi connectivity index (χ4n) is 4.20. The minimum Gasteiger partial charge on any atom is -0.480 e. The number of carbonyl (C=O) groups is 4. The Hall–Kier alpha value is -3.44. The molecule has 1 fully saturated rings. The van der Waals surface area contributed by atoms with Gasteiger partial charge in [-0.25, -0.2) is 4.79 Å². The SMILES string of the molecule is NCCCCC(NC(=O)C(Cc1c[nH]c2ccccc12)NC(=O)CNC(=O)C1CCCN1)C(=O)O. The Morgan fingerprint density at radius 2 is 1.91 bits per heavy atom. The van der Waals surface area contributed by atoms with E-state index in [1.165, 1.54) is 0 Å². The number of fused-ring (bicyclic) bond motifs is 1. The molecule has 8 N–H and O–H groups in total. The highest BCUT2D eigenvalue weighted by Crippen LogP contribution is 2.19. The molecule has 3 atom stereocenters. The van der Waals surface area contributed by atoms with E-state index in [0.717, 1.165) is 29.4 Å². The molecule has 1 aliphatic rings. The molecule has 1 aromatic heterocycles. The third-order valence-corrected chi connectivity index (χ3v) is 6.11. The predicted octanol–water partition coefficient (Wildman–Crippen LogP) is -0.238. The fraction of sp³-hybridized carbons (Fsp3) is 0.500. The summed E-state index contributed by atoms with van der Waals surface area (Å²) in [5, 5.41) is 21.3. The third-order valence-electron chi connectivity index (χ3n) is 6.11. The van der Waals surface area contributed by atoms with E-state index >= 15 is 0 Å². The standard InChI is InChI=1S/C24H34N6O5/c25-10-4-3-8-19(24(34)35)30-23(33)20(12-15-13-27-17-7-2-1-6-16(15)17)29-21(31)14-28-22(32)18-9-5-11-26-18/h1-2,6-7,13,18-20,26-27H,3-5,8-12,14,25H2,(H,28,32)(H,29,31)(H,30,33)(H,34,35). The second-order valence-corrected chi connectivity index (χ2v) is 8.73. The summed E-state index contributed by atoms with van der Waals surface area (Å²) in [6.45, 7) is 0.905. The summed E-state index contributed by atoms with van der Waals surface area (Å²) in [6, 6.07) is 5.12. The lowest BCUT2D eigenvalue weighted by atomic mass is 10.0. The third kappa shape index (κ3) is 7.52. The van der Waals surface area contributed by atoms with Gasteiger partial charge < -0.3 is 37.1 Å². The van der Waals surface area contributed by atoms with Crippen molar-refractivity contribution in [1.29, 1.82) is 0 Å². The Morgan fingerprint density at radius 1 is 1.11 bits per heavy atom. The van der Waals surface area contributed by atoms with Gasteiger partial charge in [-0.3, -0.25) is 14.4 Å². The highest BCUT2D eigenvalue weighted by Gasteiger charge is 2.28. The Bertz CT molecular complexity index is 1030. The predicted molar refractivity (Wildman–Crippen MR) is 130 cm³/mol. The molecule has 1 aliphatic heterocycles. The number of carbonyl (C=O) groups excluding carboxylic acids is 3. The summed E-state index contributed by atoms with van der Waals surface area (Å²) in [5.74, 6) is -2.55. The zero-order valence-electron chi connectivity index (χ0n) is 19.6. The number of benzene rings is 1. The first-order chi connectivity index (χ1) is 16.9. The number of H-pyrrole nitrogens is 1. The van der Waals surface area contributed by atoms with Crippen LogP contribution in [0.2, 0.25) is 0 Å². The number of para-hydroxylation sites is 1. The number of hydrogen-bond donors (Lipinski definition) is 7. The van der Waals surface area contributed by atoms with Crippen molar-refractivity contribution in [1.82, 2.24) is 26.3 Å². The minimum atomic E-state index is -1.15. The molecule has 1 saturated heterocycles. The molecule has 0 radical (unpaired) electrons. The van der Waals surface area contributed by atoms with Crippen molar-refractivity contribution in [2.75, 3.05) is 19.6 Å². The second kappa shape index (κ2) is 12.9. The quantitative estimate of drug-likeness (QED) is 0.191. The summed E-state index contributed by atoms with van der Waals surface area (Å²) in [4.78, 5) is 52.8. The normalized spacial score (nSPS) is 17.0. The molecule has 190 valence electrons. The number of nitrogens with two attached hydrogens (primary N) is 1. The fourth-order valence-corrected chi connectivity index (χ4v) is 4.20. The molecule has 11 nitrogen and oxygen atoms in total. The van der Waals surface area contributed by atoms with Gasteiger partial charge in [0.25, 0.3) is 0 Å². The Morgan fingerprint density at radius 3 is 2.63 bits per heavy atom. The van der Waals surface area contributed by atoms with Crippen molar-refractivity contribution < 1.29 is 24.3 Å². The summed E-state index contributed by atoms with van der Waals surface area (Å²) in [7, 11) is 0. The van der Waals surface area contributed by atoms with Gasteiger partial charge in [0.1, 0.15) is 12.1 Å². The average Bonchev–Trinajstić information content (AvgIpc) is 3.52. The van der Waals surface area contributed by atoms with E-state index in [9.17, 15) is 24.3 Å². The molecule has 2 aromatic rings. The van der Waals surface area contributed by atoms with Gasteiger partial charge in [-0.05, 0) is 56.8 Å². The summed E-state index contributed by atoms with van der Waals surface area (Å²) in [6.07, 6.45) is 4.94. The zero-order chi connectivity index (χ0) is 25.2. The van der Waals surface area contributed by atoms with Gasteiger partial charge in [-0.2, -0.15) is 0 Å². The molecule has 3 rings (SSSR count). The number of carboxylic acid groups (broad SMARTS) is 1. The van der Waals surface area contributed by atoms with Crippen LogP contribution in [0.25, 0.3) is 10.9 Å². The van der Waals surface area contributed by atoms with E-state index in [-0.39, 0.29) is 31.3 Å². The summed E-state index contributed by atoms with van der Waals surface area (Å²) in [5.41, 5.74) is 7.17. The van der Waals surface area contributed by atoms with Crippen LogP contribution in [-0.4, -0.2) is 71.5 Å². The molecular formula is C24H34N6O5. The van der Waals surface area contributed by atoms with Gasteiger partial charge in [-0.15, -0.1) is 0 Å². The monoisotopic (exact) mass is 486 g/mol. The number of aromatic nitrogens is 1. The highest BCUT2D eigenvalue weighted by atomic mass is 16.4. The lowest BCUT2D eigenvalue weighted by Crippen LogP contribution is -2.54. The maximum Gasteiger partial charge on any atom is 0.326 e. The first-order valence-corrected chi connectivity index (χ1v) is 12.0. The molecule has 11 heteroatoms.